The van der Waals surface area contributed by atoms with E-state index in [0.29, 0.717) is 38.6 Å². The number of hydrogen-bond acceptors (Lipinski definition) is 6. The number of nitrogens with one attached hydrogen (secondary N) is 1. The van der Waals surface area contributed by atoms with Gasteiger partial charge in [0.1, 0.15) is 5.54 Å². The monoisotopic (exact) mass is 462 g/mol. The molecular formula is C20H19BrN2O6. The van der Waals surface area contributed by atoms with Crippen LogP contribution in [-0.4, -0.2) is 37.9 Å². The van der Waals surface area contributed by atoms with E-state index in [1.54, 1.807) is 37.3 Å². The van der Waals surface area contributed by atoms with Gasteiger partial charge in [0.15, 0.2) is 23.0 Å². The third-order valence-corrected chi connectivity index (χ3v) is 5.84. The highest BCUT2D eigenvalue weighted by atomic mass is 79.9. The van der Waals surface area contributed by atoms with Gasteiger partial charge in [-0.3, -0.25) is 9.69 Å². The molecule has 1 fully saturated rings. The highest BCUT2D eigenvalue weighted by Crippen LogP contribution is 2.39. The molecule has 0 radical (unpaired) electrons. The van der Waals surface area contributed by atoms with E-state index in [4.69, 9.17) is 18.9 Å². The lowest BCUT2D eigenvalue weighted by Crippen LogP contribution is -2.40. The molecule has 4 rings (SSSR count). The maximum absolute atomic E-state index is 13.2. The number of ether oxygens (including phenoxy) is 4. The lowest BCUT2D eigenvalue weighted by Gasteiger charge is -2.23. The Morgan fingerprint density at radius 3 is 2.52 bits per heavy atom. The van der Waals surface area contributed by atoms with Gasteiger partial charge in [-0.25, -0.2) is 4.79 Å². The Bertz CT molecular complexity index is 1010. The van der Waals surface area contributed by atoms with Crippen LogP contribution < -0.4 is 24.3 Å². The Kier molecular flexibility index (Phi) is 4.77. The van der Waals surface area contributed by atoms with E-state index in [0.717, 1.165) is 0 Å². The van der Waals surface area contributed by atoms with Crippen molar-refractivity contribution in [2.45, 2.75) is 19.0 Å². The standard InChI is InChI=1S/C20H19BrN2O6/c1-20(12-4-5-14-17(7-12)29-10-28-14)18(24)23(19(25)22-20)9-11-6-15(26-2)16(27-3)8-13(11)21/h4-8H,9-10H2,1-3H3,(H,22,25). The Balaban J connectivity index is 1.64. The van der Waals surface area contributed by atoms with Crippen LogP contribution in [-0.2, 0) is 16.9 Å². The average molecular weight is 463 g/mol. The molecule has 0 aliphatic carbocycles. The van der Waals surface area contributed by atoms with Crippen LogP contribution in [0.3, 0.4) is 0 Å². The second-order valence-corrected chi connectivity index (χ2v) is 7.67. The minimum atomic E-state index is -1.21. The van der Waals surface area contributed by atoms with Crippen LogP contribution in [0.4, 0.5) is 4.79 Å². The fourth-order valence-corrected chi connectivity index (χ4v) is 3.88. The van der Waals surface area contributed by atoms with Gasteiger partial charge in [-0.1, -0.05) is 22.0 Å². The van der Waals surface area contributed by atoms with Crippen molar-refractivity contribution in [2.75, 3.05) is 21.0 Å². The summed E-state index contributed by atoms with van der Waals surface area (Å²) in [6.07, 6.45) is 0. The van der Waals surface area contributed by atoms with E-state index in [1.165, 1.54) is 19.1 Å². The van der Waals surface area contributed by atoms with Crippen LogP contribution >= 0.6 is 15.9 Å². The first-order valence-corrected chi connectivity index (χ1v) is 9.61. The van der Waals surface area contributed by atoms with Crippen LogP contribution in [0.2, 0.25) is 0 Å². The maximum Gasteiger partial charge on any atom is 0.325 e. The molecule has 2 heterocycles. The fraction of sp³-hybridized carbons (Fsp3) is 0.300. The van der Waals surface area contributed by atoms with Crippen molar-refractivity contribution in [2.24, 2.45) is 0 Å². The number of nitrogens with zero attached hydrogens (tertiary/aromatic N) is 1. The molecular weight excluding hydrogens is 444 g/mol. The molecule has 2 aromatic rings. The van der Waals surface area contributed by atoms with Crippen molar-refractivity contribution >= 4 is 27.9 Å². The molecule has 9 heteroatoms. The zero-order valence-electron chi connectivity index (χ0n) is 16.1. The Morgan fingerprint density at radius 1 is 1.10 bits per heavy atom. The number of carbonyl (C=O) groups excluding carboxylic acids is 2. The molecule has 29 heavy (non-hydrogen) atoms. The molecule has 1 unspecified atom stereocenters. The van der Waals surface area contributed by atoms with Crippen LogP contribution in [0.15, 0.2) is 34.8 Å². The van der Waals surface area contributed by atoms with Crippen LogP contribution in [0.5, 0.6) is 23.0 Å². The van der Waals surface area contributed by atoms with Gasteiger partial charge in [-0.2, -0.15) is 0 Å². The van der Waals surface area contributed by atoms with Gasteiger partial charge in [0.25, 0.3) is 5.91 Å². The van der Waals surface area contributed by atoms with Crippen molar-refractivity contribution in [3.8, 4) is 23.0 Å². The molecule has 8 nitrogen and oxygen atoms in total. The first kappa shape index (κ1) is 19.4. The summed E-state index contributed by atoms with van der Waals surface area (Å²) in [5, 5.41) is 2.80. The first-order valence-electron chi connectivity index (χ1n) is 8.82. The summed E-state index contributed by atoms with van der Waals surface area (Å²) >= 11 is 3.47. The topological polar surface area (TPSA) is 86.3 Å². The lowest BCUT2D eigenvalue weighted by atomic mass is 9.91. The third kappa shape index (κ3) is 3.15. The number of imide groups is 1. The number of halogens is 1. The van der Waals surface area contributed by atoms with E-state index in [1.807, 2.05) is 0 Å². The lowest BCUT2D eigenvalue weighted by molar-refractivity contribution is -0.131. The average Bonchev–Trinajstić information content (AvgIpc) is 3.27. The minimum absolute atomic E-state index is 0.0751. The van der Waals surface area contributed by atoms with Gasteiger partial charge in [0, 0.05) is 4.47 Å². The van der Waals surface area contributed by atoms with Crippen molar-refractivity contribution in [3.05, 3.63) is 45.9 Å². The summed E-state index contributed by atoms with van der Waals surface area (Å²) in [5.41, 5.74) is 0.122. The molecule has 2 aliphatic rings. The summed E-state index contributed by atoms with van der Waals surface area (Å²) in [6.45, 7) is 1.88. The highest BCUT2D eigenvalue weighted by Gasteiger charge is 2.49. The van der Waals surface area contributed by atoms with Gasteiger partial charge in [-0.05, 0) is 42.3 Å². The Hall–Kier alpha value is -2.94. The molecule has 3 amide bonds. The molecule has 2 aromatic carbocycles. The smallest absolute Gasteiger partial charge is 0.325 e. The number of urea groups is 1. The van der Waals surface area contributed by atoms with Gasteiger partial charge in [0.2, 0.25) is 6.79 Å². The van der Waals surface area contributed by atoms with E-state index in [-0.39, 0.29) is 19.2 Å². The number of benzene rings is 2. The molecule has 0 aromatic heterocycles. The van der Waals surface area contributed by atoms with E-state index < -0.39 is 11.6 Å². The number of methoxy groups -OCH3 is 2. The number of amides is 3. The zero-order valence-corrected chi connectivity index (χ0v) is 17.7. The first-order chi connectivity index (χ1) is 13.9. The second kappa shape index (κ2) is 7.14. The van der Waals surface area contributed by atoms with E-state index in [2.05, 4.69) is 21.2 Å². The number of hydrogen-bond donors (Lipinski definition) is 1. The van der Waals surface area contributed by atoms with Crippen molar-refractivity contribution < 1.29 is 28.5 Å². The molecule has 0 bridgehead atoms. The van der Waals surface area contributed by atoms with Crippen LogP contribution in [0.25, 0.3) is 0 Å². The minimum Gasteiger partial charge on any atom is -0.493 e. The number of rotatable bonds is 5. The summed E-state index contributed by atoms with van der Waals surface area (Å²) in [5.74, 6) is 1.86. The van der Waals surface area contributed by atoms with Gasteiger partial charge in [0.05, 0.1) is 20.8 Å². The molecule has 152 valence electrons. The largest absolute Gasteiger partial charge is 0.493 e. The molecule has 2 aliphatic heterocycles. The second-order valence-electron chi connectivity index (χ2n) is 6.81. The zero-order chi connectivity index (χ0) is 20.8. The normalized spacial score (nSPS) is 20.1. The van der Waals surface area contributed by atoms with Crippen molar-refractivity contribution in [1.82, 2.24) is 10.2 Å². The summed E-state index contributed by atoms with van der Waals surface area (Å²) in [6, 6.07) is 8.20. The SMILES string of the molecule is COc1cc(Br)c(CN2C(=O)NC(C)(c3ccc4c(c3)OCO4)C2=O)cc1OC. The van der Waals surface area contributed by atoms with Crippen LogP contribution in [0.1, 0.15) is 18.1 Å². The fourth-order valence-electron chi connectivity index (χ4n) is 3.43. The van der Waals surface area contributed by atoms with Crippen LogP contribution in [0, 0.1) is 0 Å². The molecule has 1 saturated heterocycles. The third-order valence-electron chi connectivity index (χ3n) is 5.11. The van der Waals surface area contributed by atoms with Gasteiger partial charge < -0.3 is 24.3 Å². The molecule has 1 N–H and O–H groups in total. The number of fused-ring (bicyclic) bond motifs is 1. The highest BCUT2D eigenvalue weighted by molar-refractivity contribution is 9.10. The number of carbonyl (C=O) groups is 2. The van der Waals surface area contributed by atoms with Gasteiger partial charge >= 0.3 is 6.03 Å². The molecule has 1 atom stereocenters. The maximum atomic E-state index is 13.2. The van der Waals surface area contributed by atoms with Crippen molar-refractivity contribution in [1.29, 1.82) is 0 Å². The summed E-state index contributed by atoms with van der Waals surface area (Å²) in [7, 11) is 3.07. The van der Waals surface area contributed by atoms with Gasteiger partial charge in [-0.15, -0.1) is 0 Å². The predicted molar refractivity (Wildman–Crippen MR) is 106 cm³/mol. The van der Waals surface area contributed by atoms with Crippen molar-refractivity contribution in [3.63, 3.8) is 0 Å². The molecule has 0 saturated carbocycles. The molecule has 0 spiro atoms. The Morgan fingerprint density at radius 2 is 1.79 bits per heavy atom. The van der Waals surface area contributed by atoms with E-state index >= 15 is 0 Å². The quantitative estimate of drug-likeness (QED) is 0.686. The summed E-state index contributed by atoms with van der Waals surface area (Å²) in [4.78, 5) is 27.1. The predicted octanol–water partition coefficient (Wildman–Crippen LogP) is 3.16. The Labute approximate surface area is 175 Å². The van der Waals surface area contributed by atoms with E-state index in [9.17, 15) is 9.59 Å². The summed E-state index contributed by atoms with van der Waals surface area (Å²) < 4.78 is 22.0.